The quantitative estimate of drug-likeness (QED) is 0.655. The van der Waals surface area contributed by atoms with E-state index in [1.165, 1.54) is 13.3 Å². The maximum atomic E-state index is 12.3. The van der Waals surface area contributed by atoms with Gasteiger partial charge in [0.1, 0.15) is 5.69 Å². The van der Waals surface area contributed by atoms with E-state index in [9.17, 15) is 9.59 Å². The highest BCUT2D eigenvalue weighted by Gasteiger charge is 2.12. The number of hydrogen-bond acceptors (Lipinski definition) is 6. The number of carbonyl (C=O) groups is 2. The second kappa shape index (κ2) is 8.57. The Hall–Kier alpha value is -3.74. The predicted molar refractivity (Wildman–Crippen MR) is 101 cm³/mol. The zero-order chi connectivity index (χ0) is 19.1. The van der Waals surface area contributed by atoms with Crippen molar-refractivity contribution in [2.75, 3.05) is 12.4 Å². The number of benzene rings is 1. The van der Waals surface area contributed by atoms with E-state index < -0.39 is 5.97 Å². The number of ether oxygens (including phenoxy) is 1. The molecule has 0 aliphatic heterocycles. The van der Waals surface area contributed by atoms with Gasteiger partial charge in [-0.1, -0.05) is 18.2 Å². The Bertz CT molecular complexity index is 945. The number of nitrogens with one attached hydrogen (secondary N) is 2. The lowest BCUT2D eigenvalue weighted by atomic mass is 10.1. The van der Waals surface area contributed by atoms with Crippen LogP contribution in [0.15, 0.2) is 67.1 Å². The lowest BCUT2D eigenvalue weighted by Gasteiger charge is -2.11. The summed E-state index contributed by atoms with van der Waals surface area (Å²) in [5.41, 5.74) is 2.77. The van der Waals surface area contributed by atoms with E-state index in [0.717, 1.165) is 5.56 Å². The summed E-state index contributed by atoms with van der Waals surface area (Å²) in [6.07, 6.45) is 4.89. The van der Waals surface area contributed by atoms with Crippen molar-refractivity contribution in [3.8, 4) is 0 Å². The maximum Gasteiger partial charge on any atom is 0.339 e. The number of hydrogen-bond donors (Lipinski definition) is 2. The first-order valence-corrected chi connectivity index (χ1v) is 8.25. The first-order valence-electron chi connectivity index (χ1n) is 8.25. The predicted octanol–water partition coefficient (Wildman–Crippen LogP) is 2.94. The first kappa shape index (κ1) is 18.1. The Morgan fingerprint density at radius 2 is 1.93 bits per heavy atom. The molecule has 0 saturated heterocycles. The van der Waals surface area contributed by atoms with Crippen LogP contribution in [0.5, 0.6) is 0 Å². The van der Waals surface area contributed by atoms with Crippen molar-refractivity contribution in [2.24, 2.45) is 0 Å². The molecule has 2 N–H and O–H groups in total. The summed E-state index contributed by atoms with van der Waals surface area (Å²) < 4.78 is 4.79. The average molecular weight is 362 g/mol. The van der Waals surface area contributed by atoms with Crippen LogP contribution in [-0.2, 0) is 11.3 Å². The van der Waals surface area contributed by atoms with Crippen LogP contribution in [-0.4, -0.2) is 29.0 Å². The number of aromatic nitrogens is 2. The minimum absolute atomic E-state index is 0.263. The Labute approximate surface area is 156 Å². The van der Waals surface area contributed by atoms with Crippen LogP contribution >= 0.6 is 0 Å². The Morgan fingerprint density at radius 3 is 2.70 bits per heavy atom. The van der Waals surface area contributed by atoms with Crippen molar-refractivity contribution in [3.05, 3.63) is 83.9 Å². The van der Waals surface area contributed by atoms with Gasteiger partial charge < -0.3 is 15.4 Å². The van der Waals surface area contributed by atoms with Crippen LogP contribution < -0.4 is 10.6 Å². The molecule has 0 aliphatic rings. The van der Waals surface area contributed by atoms with Crippen LogP contribution in [0, 0.1) is 0 Å². The highest BCUT2D eigenvalue weighted by atomic mass is 16.5. The SMILES string of the molecule is COC(=O)c1ccccc1Nc1ccnc(C(=O)NCc2cccnc2)c1. The van der Waals surface area contributed by atoms with E-state index in [1.54, 1.807) is 48.8 Å². The fourth-order valence-electron chi connectivity index (χ4n) is 2.44. The number of methoxy groups -OCH3 is 1. The summed E-state index contributed by atoms with van der Waals surface area (Å²) in [5.74, 6) is -0.745. The van der Waals surface area contributed by atoms with Crippen molar-refractivity contribution in [3.63, 3.8) is 0 Å². The molecule has 136 valence electrons. The van der Waals surface area contributed by atoms with Gasteiger partial charge >= 0.3 is 5.97 Å². The van der Waals surface area contributed by atoms with Gasteiger partial charge in [-0.05, 0) is 35.9 Å². The molecule has 1 aromatic carbocycles. The van der Waals surface area contributed by atoms with Gasteiger partial charge in [0.15, 0.2) is 0 Å². The monoisotopic (exact) mass is 362 g/mol. The molecule has 3 rings (SSSR count). The molecule has 27 heavy (non-hydrogen) atoms. The lowest BCUT2D eigenvalue weighted by molar-refractivity contribution is 0.0601. The van der Waals surface area contributed by atoms with E-state index in [-0.39, 0.29) is 11.6 Å². The van der Waals surface area contributed by atoms with Crippen molar-refractivity contribution < 1.29 is 14.3 Å². The molecule has 0 fully saturated rings. The molecule has 0 unspecified atom stereocenters. The van der Waals surface area contributed by atoms with Crippen molar-refractivity contribution in [2.45, 2.75) is 6.54 Å². The van der Waals surface area contributed by atoms with Crippen molar-refractivity contribution in [1.29, 1.82) is 0 Å². The fourth-order valence-corrected chi connectivity index (χ4v) is 2.44. The smallest absolute Gasteiger partial charge is 0.339 e. The van der Waals surface area contributed by atoms with Crippen LogP contribution in [0.1, 0.15) is 26.4 Å². The minimum atomic E-state index is -0.443. The largest absolute Gasteiger partial charge is 0.465 e. The van der Waals surface area contributed by atoms with Gasteiger partial charge in [0.05, 0.1) is 18.4 Å². The average Bonchev–Trinajstić information content (AvgIpc) is 2.73. The fraction of sp³-hybridized carbons (Fsp3) is 0.100. The van der Waals surface area contributed by atoms with Gasteiger partial charge in [-0.3, -0.25) is 14.8 Å². The number of amides is 1. The third kappa shape index (κ3) is 4.66. The normalized spacial score (nSPS) is 10.1. The summed E-state index contributed by atoms with van der Waals surface area (Å²) in [4.78, 5) is 32.3. The van der Waals surface area contributed by atoms with E-state index in [1.807, 2.05) is 12.1 Å². The molecule has 7 heteroatoms. The second-order valence-corrected chi connectivity index (χ2v) is 5.64. The summed E-state index contributed by atoms with van der Waals surface area (Å²) in [7, 11) is 1.33. The minimum Gasteiger partial charge on any atom is -0.465 e. The van der Waals surface area contributed by atoms with E-state index >= 15 is 0 Å². The zero-order valence-corrected chi connectivity index (χ0v) is 14.7. The molecular formula is C20H18N4O3. The van der Waals surface area contributed by atoms with Crippen LogP contribution in [0.3, 0.4) is 0 Å². The van der Waals surface area contributed by atoms with Gasteiger partial charge in [0, 0.05) is 30.8 Å². The number of nitrogens with zero attached hydrogens (tertiary/aromatic N) is 2. The molecule has 0 saturated carbocycles. The van der Waals surface area contributed by atoms with E-state index in [4.69, 9.17) is 4.74 Å². The van der Waals surface area contributed by atoms with Crippen LogP contribution in [0.25, 0.3) is 0 Å². The van der Waals surface area contributed by atoms with Crippen molar-refractivity contribution >= 4 is 23.3 Å². The molecule has 0 aliphatic carbocycles. The Balaban J connectivity index is 1.72. The third-order valence-corrected chi connectivity index (χ3v) is 3.78. The number of pyridine rings is 2. The maximum absolute atomic E-state index is 12.3. The number of anilines is 2. The highest BCUT2D eigenvalue weighted by Crippen LogP contribution is 2.21. The summed E-state index contributed by atoms with van der Waals surface area (Å²) in [6.45, 7) is 0.358. The molecule has 1 amide bonds. The molecule has 0 spiro atoms. The molecule has 2 aromatic heterocycles. The second-order valence-electron chi connectivity index (χ2n) is 5.64. The molecule has 0 atom stereocenters. The summed E-state index contributed by atoms with van der Waals surface area (Å²) >= 11 is 0. The van der Waals surface area contributed by atoms with Gasteiger partial charge in [0.2, 0.25) is 0 Å². The molecule has 0 bridgehead atoms. The summed E-state index contributed by atoms with van der Waals surface area (Å²) in [6, 6.07) is 14.0. The van der Waals surface area contributed by atoms with Crippen LogP contribution in [0.2, 0.25) is 0 Å². The highest BCUT2D eigenvalue weighted by molar-refractivity contribution is 5.97. The lowest BCUT2D eigenvalue weighted by Crippen LogP contribution is -2.23. The van der Waals surface area contributed by atoms with Gasteiger partial charge in [0.25, 0.3) is 5.91 Å². The topological polar surface area (TPSA) is 93.2 Å². The molecule has 7 nitrogen and oxygen atoms in total. The zero-order valence-electron chi connectivity index (χ0n) is 14.7. The van der Waals surface area contributed by atoms with E-state index in [2.05, 4.69) is 20.6 Å². The number of para-hydroxylation sites is 1. The summed E-state index contributed by atoms with van der Waals surface area (Å²) in [5, 5.41) is 5.93. The molecule has 0 radical (unpaired) electrons. The standard InChI is InChI=1S/C20H18N4O3/c1-27-20(26)16-6-2-3-7-17(16)24-15-8-10-22-18(11-15)19(25)23-13-14-5-4-9-21-12-14/h2-12H,13H2,1H3,(H,22,24)(H,23,25). The first-order chi connectivity index (χ1) is 13.2. The molecular weight excluding hydrogens is 344 g/mol. The van der Waals surface area contributed by atoms with Crippen LogP contribution in [0.4, 0.5) is 11.4 Å². The van der Waals surface area contributed by atoms with Gasteiger partial charge in [-0.15, -0.1) is 0 Å². The Kier molecular flexibility index (Phi) is 5.73. The van der Waals surface area contributed by atoms with Gasteiger partial charge in [-0.25, -0.2) is 4.79 Å². The van der Waals surface area contributed by atoms with Crippen molar-refractivity contribution in [1.82, 2.24) is 15.3 Å². The Morgan fingerprint density at radius 1 is 1.07 bits per heavy atom. The number of carbonyl (C=O) groups excluding carboxylic acids is 2. The van der Waals surface area contributed by atoms with Gasteiger partial charge in [-0.2, -0.15) is 0 Å². The molecule has 3 aromatic rings. The number of esters is 1. The third-order valence-electron chi connectivity index (χ3n) is 3.78. The number of rotatable bonds is 6. The molecule has 2 heterocycles. The van der Waals surface area contributed by atoms with E-state index in [0.29, 0.717) is 23.5 Å².